The molecule has 0 saturated carbocycles. The van der Waals surface area contributed by atoms with Crippen LogP contribution in [0, 0.1) is 5.92 Å². The standard InChI is InChI=1S/C32H39N7O6/c1-19-13-21(34-31(44)45-32(2,3)4)18-38(17-19)26-10-11-33-16-25(26)36-29(41)28-24(37-30(42)43)14-20-8-9-22(15-23(20)35-28)39-12-6-5-7-27(39)40/h8-11,14-16,19,21,37H,5-7,12-13,17-18H2,1-4H3,(H,34,44)(H,36,41)(H,42,43)/t19-,21+/m1/s1. The van der Waals surface area contributed by atoms with Gasteiger partial charge in [-0.25, -0.2) is 14.6 Å². The first kappa shape index (κ1) is 31.5. The minimum atomic E-state index is -1.34. The van der Waals surface area contributed by atoms with Crippen molar-refractivity contribution in [3.63, 3.8) is 0 Å². The average Bonchev–Trinajstić information content (AvgIpc) is 2.95. The van der Waals surface area contributed by atoms with Crippen LogP contribution in [-0.2, 0) is 9.53 Å². The second-order valence-electron chi connectivity index (χ2n) is 12.6. The zero-order valence-electron chi connectivity index (χ0n) is 25.9. The van der Waals surface area contributed by atoms with Gasteiger partial charge in [-0.3, -0.25) is 19.9 Å². The van der Waals surface area contributed by atoms with Gasteiger partial charge in [-0.2, -0.15) is 0 Å². The van der Waals surface area contributed by atoms with E-state index in [0.717, 1.165) is 19.3 Å². The van der Waals surface area contributed by atoms with Crippen LogP contribution < -0.4 is 25.8 Å². The van der Waals surface area contributed by atoms with E-state index in [2.05, 4.69) is 37.7 Å². The van der Waals surface area contributed by atoms with Gasteiger partial charge in [0.15, 0.2) is 5.69 Å². The van der Waals surface area contributed by atoms with Gasteiger partial charge in [0.1, 0.15) is 5.60 Å². The first-order chi connectivity index (χ1) is 21.4. The van der Waals surface area contributed by atoms with E-state index in [1.165, 1.54) is 6.20 Å². The van der Waals surface area contributed by atoms with Gasteiger partial charge in [0.2, 0.25) is 5.91 Å². The second-order valence-corrected chi connectivity index (χ2v) is 12.6. The Bertz CT molecular complexity index is 1620. The van der Waals surface area contributed by atoms with E-state index in [0.29, 0.717) is 54.0 Å². The Labute approximate surface area is 261 Å². The van der Waals surface area contributed by atoms with Gasteiger partial charge >= 0.3 is 12.2 Å². The third-order valence-corrected chi connectivity index (χ3v) is 7.66. The van der Waals surface area contributed by atoms with Crippen LogP contribution in [-0.4, -0.2) is 70.4 Å². The van der Waals surface area contributed by atoms with E-state index in [4.69, 9.17) is 4.74 Å². The maximum atomic E-state index is 13.7. The van der Waals surface area contributed by atoms with Crippen LogP contribution in [0.3, 0.4) is 0 Å². The summed E-state index contributed by atoms with van der Waals surface area (Å²) in [5, 5.41) is 18.2. The average molecular weight is 618 g/mol. The van der Waals surface area contributed by atoms with Crippen molar-refractivity contribution < 1.29 is 29.0 Å². The molecule has 238 valence electrons. The minimum absolute atomic E-state index is 0.0213. The number of carbonyl (C=O) groups is 4. The number of nitrogens with one attached hydrogen (secondary N) is 3. The molecule has 13 heteroatoms. The number of hydrogen-bond acceptors (Lipinski definition) is 8. The number of nitrogens with zero attached hydrogens (tertiary/aromatic N) is 4. The van der Waals surface area contributed by atoms with E-state index in [-0.39, 0.29) is 29.2 Å². The number of amides is 4. The number of rotatable bonds is 6. The number of hydrogen-bond donors (Lipinski definition) is 4. The van der Waals surface area contributed by atoms with Crippen LogP contribution in [0.4, 0.5) is 32.3 Å². The number of fused-ring (bicyclic) bond motifs is 1. The molecule has 3 aromatic rings. The Morgan fingerprint density at radius 3 is 2.58 bits per heavy atom. The fourth-order valence-corrected chi connectivity index (χ4v) is 5.85. The van der Waals surface area contributed by atoms with E-state index >= 15 is 0 Å². The maximum Gasteiger partial charge on any atom is 0.409 e. The number of benzene rings is 1. The first-order valence-corrected chi connectivity index (χ1v) is 15.1. The normalized spacial score (nSPS) is 18.8. The summed E-state index contributed by atoms with van der Waals surface area (Å²) in [5.41, 5.74) is 1.49. The third-order valence-electron chi connectivity index (χ3n) is 7.66. The van der Waals surface area contributed by atoms with Crippen LogP contribution in [0.1, 0.15) is 63.9 Å². The summed E-state index contributed by atoms with van der Waals surface area (Å²) >= 11 is 0. The molecule has 45 heavy (non-hydrogen) atoms. The topological polar surface area (TPSA) is 166 Å². The second kappa shape index (κ2) is 13.0. The van der Waals surface area contributed by atoms with Gasteiger partial charge in [-0.1, -0.05) is 13.0 Å². The highest BCUT2D eigenvalue weighted by atomic mass is 16.6. The SMILES string of the molecule is C[C@@H]1C[C@H](NC(=O)OC(C)(C)C)CN(c2ccncc2NC(=O)c2nc3cc(N4CCCCC4=O)ccc3cc2NC(=O)O)C1. The number of aromatic nitrogens is 2. The van der Waals surface area contributed by atoms with Crippen molar-refractivity contribution in [3.8, 4) is 0 Å². The number of alkyl carbamates (subject to hydrolysis) is 1. The van der Waals surface area contributed by atoms with Crippen molar-refractivity contribution in [2.45, 2.75) is 65.0 Å². The van der Waals surface area contributed by atoms with E-state index in [9.17, 15) is 24.3 Å². The zero-order valence-corrected chi connectivity index (χ0v) is 25.9. The molecule has 2 aliphatic rings. The predicted molar refractivity (Wildman–Crippen MR) is 171 cm³/mol. The summed E-state index contributed by atoms with van der Waals surface area (Å²) < 4.78 is 5.45. The van der Waals surface area contributed by atoms with Crippen molar-refractivity contribution in [2.24, 2.45) is 5.92 Å². The number of ether oxygens (including phenoxy) is 1. The van der Waals surface area contributed by atoms with Gasteiger partial charge in [-0.05, 0) is 70.2 Å². The van der Waals surface area contributed by atoms with Crippen LogP contribution in [0.25, 0.3) is 10.9 Å². The fraction of sp³-hybridized carbons (Fsp3) is 0.438. The highest BCUT2D eigenvalue weighted by Gasteiger charge is 2.30. The summed E-state index contributed by atoms with van der Waals surface area (Å²) in [6.07, 6.45) is 4.30. The summed E-state index contributed by atoms with van der Waals surface area (Å²) in [7, 11) is 0. The highest BCUT2D eigenvalue weighted by Crippen LogP contribution is 2.32. The Hall–Kier alpha value is -4.94. The van der Waals surface area contributed by atoms with Crippen LogP contribution in [0.15, 0.2) is 42.7 Å². The molecule has 2 fully saturated rings. The van der Waals surface area contributed by atoms with Gasteiger partial charge in [0, 0.05) is 49.4 Å². The molecule has 0 aliphatic carbocycles. The van der Waals surface area contributed by atoms with Crippen molar-refractivity contribution in [1.82, 2.24) is 15.3 Å². The molecule has 2 aromatic heterocycles. The van der Waals surface area contributed by atoms with Crippen LogP contribution in [0.2, 0.25) is 0 Å². The minimum Gasteiger partial charge on any atom is -0.465 e. The molecule has 2 atom stereocenters. The Morgan fingerprint density at radius 2 is 1.84 bits per heavy atom. The molecule has 1 aromatic carbocycles. The summed E-state index contributed by atoms with van der Waals surface area (Å²) in [4.78, 5) is 62.9. The Morgan fingerprint density at radius 1 is 1.04 bits per heavy atom. The smallest absolute Gasteiger partial charge is 0.409 e. The molecule has 4 heterocycles. The molecule has 4 amide bonds. The Balaban J connectivity index is 1.42. The first-order valence-electron chi connectivity index (χ1n) is 15.1. The number of carboxylic acid groups (broad SMARTS) is 1. The van der Waals surface area contributed by atoms with E-state index in [1.807, 2.05) is 20.8 Å². The monoisotopic (exact) mass is 617 g/mol. The van der Waals surface area contributed by atoms with Gasteiger partial charge in [0.25, 0.3) is 5.91 Å². The quantitative estimate of drug-likeness (QED) is 0.290. The molecule has 5 rings (SSSR count). The lowest BCUT2D eigenvalue weighted by Gasteiger charge is -2.39. The number of piperidine rings is 2. The highest BCUT2D eigenvalue weighted by molar-refractivity contribution is 6.11. The molecule has 2 saturated heterocycles. The van der Waals surface area contributed by atoms with E-state index in [1.54, 1.807) is 41.4 Å². The summed E-state index contributed by atoms with van der Waals surface area (Å²) in [6, 6.07) is 8.44. The summed E-state index contributed by atoms with van der Waals surface area (Å²) in [5.74, 6) is -0.379. The van der Waals surface area contributed by atoms with Crippen molar-refractivity contribution in [2.75, 3.05) is 40.1 Å². The largest absolute Gasteiger partial charge is 0.465 e. The molecule has 4 N–H and O–H groups in total. The van der Waals surface area contributed by atoms with Gasteiger partial charge in [0.05, 0.1) is 28.8 Å². The lowest BCUT2D eigenvalue weighted by Crippen LogP contribution is -2.51. The number of pyridine rings is 2. The molecular formula is C32H39N7O6. The van der Waals surface area contributed by atoms with Gasteiger partial charge in [-0.15, -0.1) is 0 Å². The van der Waals surface area contributed by atoms with E-state index < -0.39 is 23.7 Å². The molecule has 0 spiro atoms. The summed E-state index contributed by atoms with van der Waals surface area (Å²) in [6.45, 7) is 9.28. The van der Waals surface area contributed by atoms with Crippen molar-refractivity contribution in [3.05, 3.63) is 48.4 Å². The fourth-order valence-electron chi connectivity index (χ4n) is 5.85. The lowest BCUT2D eigenvalue weighted by molar-refractivity contribution is -0.119. The zero-order chi connectivity index (χ0) is 32.3. The van der Waals surface area contributed by atoms with Gasteiger partial charge < -0.3 is 30.3 Å². The Kier molecular flexibility index (Phi) is 9.07. The predicted octanol–water partition coefficient (Wildman–Crippen LogP) is 5.23. The maximum absolute atomic E-state index is 13.7. The molecule has 13 nitrogen and oxygen atoms in total. The molecular weight excluding hydrogens is 578 g/mol. The van der Waals surface area contributed by atoms with Crippen molar-refractivity contribution in [1.29, 1.82) is 0 Å². The molecule has 0 unspecified atom stereocenters. The lowest BCUT2D eigenvalue weighted by atomic mass is 9.95. The number of carbonyl (C=O) groups excluding carboxylic acids is 3. The number of anilines is 4. The molecule has 0 bridgehead atoms. The van der Waals surface area contributed by atoms with Crippen LogP contribution in [0.5, 0.6) is 0 Å². The van der Waals surface area contributed by atoms with Crippen LogP contribution >= 0.6 is 0 Å². The molecule has 0 radical (unpaired) electrons. The van der Waals surface area contributed by atoms with Crippen molar-refractivity contribution >= 4 is 57.7 Å². The molecule has 2 aliphatic heterocycles. The third kappa shape index (κ3) is 7.78.